The molecule has 0 unspecified atom stereocenters. The second kappa shape index (κ2) is 5.97. The molecule has 2 aromatic heterocycles. The number of aromatic nitrogens is 3. The van der Waals surface area contributed by atoms with Gasteiger partial charge in [-0.1, -0.05) is 37.3 Å². The van der Waals surface area contributed by atoms with Crippen LogP contribution >= 0.6 is 22.9 Å². The van der Waals surface area contributed by atoms with Crippen LogP contribution in [0, 0.1) is 0 Å². The van der Waals surface area contributed by atoms with E-state index in [1.54, 1.807) is 11.3 Å². The molecule has 1 aliphatic heterocycles. The number of fused-ring (bicyclic) bond motifs is 1. The van der Waals surface area contributed by atoms with Crippen LogP contribution in [-0.4, -0.2) is 14.8 Å². The first-order chi connectivity index (χ1) is 10.8. The van der Waals surface area contributed by atoms with Gasteiger partial charge in [-0.05, 0) is 37.8 Å². The summed E-state index contributed by atoms with van der Waals surface area (Å²) >= 11 is 7.96. The van der Waals surface area contributed by atoms with E-state index in [9.17, 15) is 0 Å². The molecule has 3 nitrogen and oxygen atoms in total. The highest BCUT2D eigenvalue weighted by atomic mass is 35.5. The maximum atomic E-state index is 6.23. The Kier molecular flexibility index (Phi) is 3.99. The Bertz CT molecular complexity index is 655. The molecule has 1 fully saturated rings. The van der Waals surface area contributed by atoms with Gasteiger partial charge in [0.05, 0.1) is 9.75 Å². The standard InChI is InChI=1S/C17H22ClN3S/c18-14-9-8-13(22-14)17(10-4-5-11-17)16-20-19-15-7-3-1-2-6-12-21(15)16/h8-9H,1-7,10-12H2. The largest absolute Gasteiger partial charge is 0.314 e. The molecule has 2 aliphatic rings. The van der Waals surface area contributed by atoms with E-state index in [2.05, 4.69) is 15.7 Å². The van der Waals surface area contributed by atoms with Gasteiger partial charge in [0, 0.05) is 17.8 Å². The Morgan fingerprint density at radius 3 is 2.59 bits per heavy atom. The highest BCUT2D eigenvalue weighted by Crippen LogP contribution is 2.48. The summed E-state index contributed by atoms with van der Waals surface area (Å²) in [5, 5.41) is 9.26. The Labute approximate surface area is 140 Å². The zero-order valence-electron chi connectivity index (χ0n) is 12.9. The molecule has 0 saturated heterocycles. The molecule has 118 valence electrons. The van der Waals surface area contributed by atoms with E-state index >= 15 is 0 Å². The summed E-state index contributed by atoms with van der Waals surface area (Å²) in [6.07, 6.45) is 11.1. The average molecular weight is 336 g/mol. The summed E-state index contributed by atoms with van der Waals surface area (Å²) in [5.74, 6) is 2.41. The van der Waals surface area contributed by atoms with Crippen molar-refractivity contribution in [3.05, 3.63) is 33.0 Å². The van der Waals surface area contributed by atoms with Crippen molar-refractivity contribution in [3.8, 4) is 0 Å². The van der Waals surface area contributed by atoms with Crippen LogP contribution < -0.4 is 0 Å². The van der Waals surface area contributed by atoms with Crippen LogP contribution in [-0.2, 0) is 18.4 Å². The van der Waals surface area contributed by atoms with E-state index in [1.165, 1.54) is 67.9 Å². The predicted molar refractivity (Wildman–Crippen MR) is 90.8 cm³/mol. The van der Waals surface area contributed by atoms with Crippen LogP contribution in [0.1, 0.15) is 67.9 Å². The monoisotopic (exact) mass is 335 g/mol. The molecule has 4 rings (SSSR count). The Morgan fingerprint density at radius 1 is 1.00 bits per heavy atom. The second-order valence-corrected chi connectivity index (χ2v) is 8.36. The predicted octanol–water partition coefficient (Wildman–Crippen LogP) is 4.97. The number of thiophene rings is 1. The number of nitrogens with zero attached hydrogens (tertiary/aromatic N) is 3. The third-order valence-corrected chi connectivity index (χ3v) is 6.72. The van der Waals surface area contributed by atoms with Gasteiger partial charge in [0.15, 0.2) is 0 Å². The summed E-state index contributed by atoms with van der Waals surface area (Å²) in [7, 11) is 0. The first-order valence-corrected chi connectivity index (χ1v) is 9.67. The molecule has 2 aromatic rings. The van der Waals surface area contributed by atoms with Crippen molar-refractivity contribution in [2.75, 3.05) is 0 Å². The van der Waals surface area contributed by atoms with Crippen molar-refractivity contribution in [2.24, 2.45) is 0 Å². The molecule has 1 saturated carbocycles. The topological polar surface area (TPSA) is 30.7 Å². The Hall–Kier alpha value is -0.870. The van der Waals surface area contributed by atoms with Crippen LogP contribution in [0.15, 0.2) is 12.1 Å². The van der Waals surface area contributed by atoms with Gasteiger partial charge < -0.3 is 4.57 Å². The minimum atomic E-state index is 0.0578. The minimum absolute atomic E-state index is 0.0578. The fourth-order valence-corrected chi connectivity index (χ4v) is 5.43. The summed E-state index contributed by atoms with van der Waals surface area (Å²) in [4.78, 5) is 1.38. The van der Waals surface area contributed by atoms with Crippen LogP contribution in [0.4, 0.5) is 0 Å². The van der Waals surface area contributed by atoms with E-state index in [1.807, 2.05) is 6.07 Å². The van der Waals surface area contributed by atoms with Gasteiger partial charge in [0.2, 0.25) is 0 Å². The van der Waals surface area contributed by atoms with Crippen molar-refractivity contribution in [3.63, 3.8) is 0 Å². The van der Waals surface area contributed by atoms with Crippen molar-refractivity contribution >= 4 is 22.9 Å². The lowest BCUT2D eigenvalue weighted by Crippen LogP contribution is -2.28. The number of aryl methyl sites for hydroxylation is 1. The number of rotatable bonds is 2. The van der Waals surface area contributed by atoms with Crippen molar-refractivity contribution in [2.45, 2.75) is 69.7 Å². The lowest BCUT2D eigenvalue weighted by molar-refractivity contribution is 0.442. The third-order valence-electron chi connectivity index (χ3n) is 5.29. The van der Waals surface area contributed by atoms with Gasteiger partial charge in [0.1, 0.15) is 11.6 Å². The molecular formula is C17H22ClN3S. The zero-order valence-corrected chi connectivity index (χ0v) is 14.4. The van der Waals surface area contributed by atoms with Crippen molar-refractivity contribution < 1.29 is 0 Å². The van der Waals surface area contributed by atoms with Gasteiger partial charge in [-0.3, -0.25) is 0 Å². The number of hydrogen-bond acceptors (Lipinski definition) is 3. The molecule has 0 radical (unpaired) electrons. The van der Waals surface area contributed by atoms with Crippen LogP contribution in [0.5, 0.6) is 0 Å². The SMILES string of the molecule is Clc1ccc(C2(c3nnc4n3CCCCCC4)CCCC2)s1. The quantitative estimate of drug-likeness (QED) is 0.775. The lowest BCUT2D eigenvalue weighted by atomic mass is 9.83. The molecule has 1 aliphatic carbocycles. The number of hydrogen-bond donors (Lipinski definition) is 0. The third kappa shape index (κ3) is 2.41. The molecule has 0 bridgehead atoms. The van der Waals surface area contributed by atoms with E-state index in [4.69, 9.17) is 16.7 Å². The van der Waals surface area contributed by atoms with Crippen LogP contribution in [0.3, 0.4) is 0 Å². The Morgan fingerprint density at radius 2 is 1.82 bits per heavy atom. The molecule has 22 heavy (non-hydrogen) atoms. The Balaban J connectivity index is 1.81. The molecular weight excluding hydrogens is 314 g/mol. The zero-order chi connectivity index (χ0) is 15.0. The van der Waals surface area contributed by atoms with Gasteiger partial charge in [-0.15, -0.1) is 21.5 Å². The second-order valence-electron chi connectivity index (χ2n) is 6.65. The molecule has 0 atom stereocenters. The summed E-state index contributed by atoms with van der Waals surface area (Å²) in [5.41, 5.74) is 0.0578. The summed E-state index contributed by atoms with van der Waals surface area (Å²) < 4.78 is 3.33. The van der Waals surface area contributed by atoms with Crippen LogP contribution in [0.25, 0.3) is 0 Å². The fraction of sp³-hybridized carbons (Fsp3) is 0.647. The molecule has 0 N–H and O–H groups in total. The van der Waals surface area contributed by atoms with Gasteiger partial charge in [-0.25, -0.2) is 0 Å². The average Bonchev–Trinajstić information content (AvgIpc) is 3.18. The van der Waals surface area contributed by atoms with E-state index in [0.29, 0.717) is 0 Å². The first-order valence-electron chi connectivity index (χ1n) is 8.48. The summed E-state index contributed by atoms with van der Waals surface area (Å²) in [6, 6.07) is 4.25. The highest BCUT2D eigenvalue weighted by Gasteiger charge is 2.43. The van der Waals surface area contributed by atoms with E-state index in [0.717, 1.165) is 17.3 Å². The molecule has 0 spiro atoms. The molecule has 3 heterocycles. The van der Waals surface area contributed by atoms with E-state index in [-0.39, 0.29) is 5.41 Å². The molecule has 0 amide bonds. The van der Waals surface area contributed by atoms with Crippen molar-refractivity contribution in [1.82, 2.24) is 14.8 Å². The van der Waals surface area contributed by atoms with Gasteiger partial charge in [0.25, 0.3) is 0 Å². The maximum absolute atomic E-state index is 6.23. The lowest BCUT2D eigenvalue weighted by Gasteiger charge is -2.28. The van der Waals surface area contributed by atoms with Gasteiger partial charge >= 0.3 is 0 Å². The normalized spacial score (nSPS) is 21.3. The maximum Gasteiger partial charge on any atom is 0.144 e. The highest BCUT2D eigenvalue weighted by molar-refractivity contribution is 7.16. The van der Waals surface area contributed by atoms with Gasteiger partial charge in [-0.2, -0.15) is 0 Å². The van der Waals surface area contributed by atoms with Crippen LogP contribution in [0.2, 0.25) is 4.34 Å². The molecule has 0 aromatic carbocycles. The smallest absolute Gasteiger partial charge is 0.144 e. The van der Waals surface area contributed by atoms with E-state index < -0.39 is 0 Å². The van der Waals surface area contributed by atoms with Crippen molar-refractivity contribution in [1.29, 1.82) is 0 Å². The summed E-state index contributed by atoms with van der Waals surface area (Å²) in [6.45, 7) is 1.08. The number of halogens is 1. The fourth-order valence-electron chi connectivity index (χ4n) is 4.15. The minimum Gasteiger partial charge on any atom is -0.314 e. The first kappa shape index (κ1) is 14.7. The molecule has 5 heteroatoms.